The Kier molecular flexibility index (Phi) is 1.76. The van der Waals surface area contributed by atoms with E-state index in [0.717, 1.165) is 24.8 Å². The van der Waals surface area contributed by atoms with Crippen molar-refractivity contribution in [3.8, 4) is 0 Å². The van der Waals surface area contributed by atoms with Crippen molar-refractivity contribution in [2.45, 2.75) is 19.3 Å². The van der Waals surface area contributed by atoms with E-state index in [1.165, 1.54) is 0 Å². The van der Waals surface area contributed by atoms with Gasteiger partial charge in [-0.1, -0.05) is 11.6 Å². The van der Waals surface area contributed by atoms with Crippen LogP contribution >= 0.6 is 11.6 Å². The Hall–Kier alpha value is -0.500. The molecule has 9 heavy (non-hydrogen) atoms. The summed E-state index contributed by atoms with van der Waals surface area (Å²) in [5.41, 5.74) is 6.75. The van der Waals surface area contributed by atoms with E-state index >= 15 is 0 Å². The molecule has 0 radical (unpaired) electrons. The highest BCUT2D eigenvalue weighted by atomic mass is 35.5. The monoisotopic (exact) mass is 144 g/mol. The van der Waals surface area contributed by atoms with Gasteiger partial charge in [0.2, 0.25) is 0 Å². The zero-order valence-corrected chi connectivity index (χ0v) is 5.83. The van der Waals surface area contributed by atoms with Crippen LogP contribution in [0.3, 0.4) is 0 Å². The van der Waals surface area contributed by atoms with E-state index in [-0.39, 0.29) is 0 Å². The van der Waals surface area contributed by atoms with Crippen molar-refractivity contribution in [1.82, 2.24) is 0 Å². The van der Waals surface area contributed by atoms with Gasteiger partial charge in [-0.15, -0.1) is 0 Å². The van der Waals surface area contributed by atoms with Crippen LogP contribution in [0.25, 0.3) is 0 Å². The standard InChI is InChI=1S/C6H9ClN2/c7-6(9)4-2-1-3-5(4)8/h8H,1-3,9H2/b6-4-,8-5?. The van der Waals surface area contributed by atoms with E-state index in [9.17, 15) is 0 Å². The summed E-state index contributed by atoms with van der Waals surface area (Å²) in [6.07, 6.45) is 2.75. The van der Waals surface area contributed by atoms with Gasteiger partial charge in [-0.3, -0.25) is 0 Å². The van der Waals surface area contributed by atoms with Crippen LogP contribution in [0.5, 0.6) is 0 Å². The molecule has 50 valence electrons. The molecule has 0 spiro atoms. The number of nitrogens with one attached hydrogen (secondary N) is 1. The fraction of sp³-hybridized carbons (Fsp3) is 0.500. The molecule has 0 aliphatic heterocycles. The van der Waals surface area contributed by atoms with Crippen LogP contribution < -0.4 is 5.73 Å². The third-order valence-corrected chi connectivity index (χ3v) is 1.73. The topological polar surface area (TPSA) is 49.9 Å². The van der Waals surface area contributed by atoms with Gasteiger partial charge in [-0.05, 0) is 19.3 Å². The minimum absolute atomic E-state index is 0.303. The van der Waals surface area contributed by atoms with Crippen molar-refractivity contribution in [2.75, 3.05) is 0 Å². The number of hydrogen-bond acceptors (Lipinski definition) is 2. The third-order valence-electron chi connectivity index (χ3n) is 1.51. The maximum atomic E-state index is 7.31. The summed E-state index contributed by atoms with van der Waals surface area (Å²) in [4.78, 5) is 0. The predicted octanol–water partition coefficient (Wildman–Crippen LogP) is 1.60. The highest BCUT2D eigenvalue weighted by molar-refractivity contribution is 6.31. The van der Waals surface area contributed by atoms with Crippen molar-refractivity contribution in [3.63, 3.8) is 0 Å². The van der Waals surface area contributed by atoms with Gasteiger partial charge in [-0.2, -0.15) is 0 Å². The van der Waals surface area contributed by atoms with Crippen molar-refractivity contribution in [3.05, 3.63) is 10.7 Å². The van der Waals surface area contributed by atoms with Crippen molar-refractivity contribution in [1.29, 1.82) is 5.41 Å². The Morgan fingerprint density at radius 1 is 1.56 bits per heavy atom. The number of rotatable bonds is 0. The molecule has 0 heterocycles. The van der Waals surface area contributed by atoms with Crippen LogP contribution in [0.1, 0.15) is 19.3 Å². The molecule has 0 bridgehead atoms. The van der Waals surface area contributed by atoms with E-state index in [4.69, 9.17) is 22.7 Å². The van der Waals surface area contributed by atoms with Gasteiger partial charge in [0.1, 0.15) is 5.16 Å². The summed E-state index contributed by atoms with van der Waals surface area (Å²) in [5, 5.41) is 7.62. The molecule has 1 rings (SSSR count). The first-order valence-electron chi connectivity index (χ1n) is 2.93. The second-order valence-corrected chi connectivity index (χ2v) is 2.57. The Morgan fingerprint density at radius 3 is 2.44 bits per heavy atom. The third kappa shape index (κ3) is 1.24. The molecular formula is C6H9ClN2. The molecule has 3 heteroatoms. The molecule has 1 fully saturated rings. The number of hydrogen-bond donors (Lipinski definition) is 2. The smallest absolute Gasteiger partial charge is 0.104 e. The van der Waals surface area contributed by atoms with Crippen LogP contribution in [0, 0.1) is 5.41 Å². The van der Waals surface area contributed by atoms with Gasteiger partial charge in [0.25, 0.3) is 0 Å². The Morgan fingerprint density at radius 2 is 2.22 bits per heavy atom. The Balaban J connectivity index is 2.83. The van der Waals surface area contributed by atoms with E-state index in [1.54, 1.807) is 0 Å². The van der Waals surface area contributed by atoms with Crippen molar-refractivity contribution >= 4 is 17.3 Å². The molecule has 0 aromatic heterocycles. The number of nitrogens with two attached hydrogens (primary N) is 1. The second kappa shape index (κ2) is 2.40. The molecule has 1 aliphatic carbocycles. The highest BCUT2D eigenvalue weighted by Crippen LogP contribution is 2.23. The zero-order valence-electron chi connectivity index (χ0n) is 5.08. The largest absolute Gasteiger partial charge is 0.389 e. The Bertz CT molecular complexity index is 168. The first-order valence-corrected chi connectivity index (χ1v) is 3.31. The normalized spacial score (nSPS) is 24.8. The van der Waals surface area contributed by atoms with E-state index in [2.05, 4.69) is 0 Å². The molecule has 0 saturated heterocycles. The minimum atomic E-state index is 0.303. The summed E-state index contributed by atoms with van der Waals surface area (Å²) < 4.78 is 0. The molecule has 1 saturated carbocycles. The highest BCUT2D eigenvalue weighted by Gasteiger charge is 2.15. The summed E-state index contributed by atoms with van der Waals surface area (Å²) in [5.74, 6) is 0. The lowest BCUT2D eigenvalue weighted by Gasteiger charge is -1.95. The molecule has 0 amide bonds. The van der Waals surface area contributed by atoms with Crippen molar-refractivity contribution in [2.24, 2.45) is 5.73 Å². The fourth-order valence-electron chi connectivity index (χ4n) is 1.01. The van der Waals surface area contributed by atoms with Crippen LogP contribution in [0.2, 0.25) is 0 Å². The van der Waals surface area contributed by atoms with Crippen molar-refractivity contribution < 1.29 is 0 Å². The second-order valence-electron chi connectivity index (χ2n) is 2.16. The minimum Gasteiger partial charge on any atom is -0.389 e. The van der Waals surface area contributed by atoms with E-state index in [0.29, 0.717) is 10.9 Å². The lowest BCUT2D eigenvalue weighted by atomic mass is 10.2. The SMILES string of the molecule is N=C1CCC/C1=C(/N)Cl. The van der Waals surface area contributed by atoms with Gasteiger partial charge in [0, 0.05) is 11.3 Å². The molecule has 0 aromatic carbocycles. The van der Waals surface area contributed by atoms with Gasteiger partial charge in [0.05, 0.1) is 0 Å². The lowest BCUT2D eigenvalue weighted by molar-refractivity contribution is 0.942. The first kappa shape index (κ1) is 6.62. The van der Waals surface area contributed by atoms with Gasteiger partial charge >= 0.3 is 0 Å². The van der Waals surface area contributed by atoms with Crippen LogP contribution in [-0.2, 0) is 0 Å². The molecule has 0 atom stereocenters. The lowest BCUT2D eigenvalue weighted by Crippen LogP contribution is -1.99. The molecular weight excluding hydrogens is 136 g/mol. The van der Waals surface area contributed by atoms with E-state index < -0.39 is 0 Å². The predicted molar refractivity (Wildman–Crippen MR) is 38.6 cm³/mol. The van der Waals surface area contributed by atoms with Gasteiger partial charge in [-0.25, -0.2) is 0 Å². The number of halogens is 1. The Labute approximate surface area is 59.2 Å². The van der Waals surface area contributed by atoms with Crippen LogP contribution in [0.4, 0.5) is 0 Å². The molecule has 1 aliphatic rings. The average molecular weight is 145 g/mol. The summed E-state index contributed by atoms with van der Waals surface area (Å²) in [7, 11) is 0. The van der Waals surface area contributed by atoms with Gasteiger partial charge < -0.3 is 11.1 Å². The van der Waals surface area contributed by atoms with Gasteiger partial charge in [0.15, 0.2) is 0 Å². The molecule has 0 aromatic rings. The van der Waals surface area contributed by atoms with Crippen LogP contribution in [-0.4, -0.2) is 5.71 Å². The summed E-state index contributed by atoms with van der Waals surface area (Å²) >= 11 is 5.50. The summed E-state index contributed by atoms with van der Waals surface area (Å²) in [6.45, 7) is 0. The molecule has 0 unspecified atom stereocenters. The maximum absolute atomic E-state index is 7.31. The fourth-order valence-corrected chi connectivity index (χ4v) is 1.22. The molecule has 3 N–H and O–H groups in total. The quantitative estimate of drug-likeness (QED) is 0.499. The maximum Gasteiger partial charge on any atom is 0.104 e. The zero-order chi connectivity index (χ0) is 6.85. The summed E-state index contributed by atoms with van der Waals surface area (Å²) in [6, 6.07) is 0. The molecule has 2 nitrogen and oxygen atoms in total. The first-order chi connectivity index (χ1) is 4.22. The number of allylic oxidation sites excluding steroid dienone is 1. The van der Waals surface area contributed by atoms with Crippen LogP contribution in [0.15, 0.2) is 10.7 Å². The average Bonchev–Trinajstić information content (AvgIpc) is 2.13. The van der Waals surface area contributed by atoms with E-state index in [1.807, 2.05) is 0 Å².